The lowest BCUT2D eigenvalue weighted by Crippen LogP contribution is -2.41. The normalized spacial score (nSPS) is 15.1. The fourth-order valence-corrected chi connectivity index (χ4v) is 3.62. The van der Waals surface area contributed by atoms with E-state index in [4.69, 9.17) is 4.18 Å². The van der Waals surface area contributed by atoms with E-state index in [1.165, 1.54) is 14.8 Å². The molecule has 1 saturated heterocycles. The number of benzene rings is 1. The molecule has 0 amide bonds. The van der Waals surface area contributed by atoms with Crippen LogP contribution in [0.15, 0.2) is 42.6 Å². The van der Waals surface area contributed by atoms with Crippen LogP contribution in [0.4, 0.5) is 5.82 Å². The highest BCUT2D eigenvalue weighted by Gasteiger charge is 2.36. The van der Waals surface area contributed by atoms with Crippen LogP contribution in [0.5, 0.6) is 0 Å². The largest absolute Gasteiger partial charge is 0.355 e. The maximum absolute atomic E-state index is 9.51. The molecular weight excluding hydrogens is 471 g/mol. The minimum absolute atomic E-state index is 0. The van der Waals surface area contributed by atoms with Gasteiger partial charge in [-0.15, -0.1) is 0 Å². The van der Waals surface area contributed by atoms with Gasteiger partial charge in [0, 0.05) is 46.6 Å². The fourth-order valence-electron chi connectivity index (χ4n) is 2.97. The van der Waals surface area contributed by atoms with Crippen LogP contribution in [0.2, 0.25) is 0 Å². The monoisotopic (exact) mass is 500 g/mol. The number of aromatic nitrogens is 2. The first-order chi connectivity index (χ1) is 12.7. The smallest absolute Gasteiger partial charge is 0.150 e. The summed E-state index contributed by atoms with van der Waals surface area (Å²) in [5, 5.41) is 14.2. The average molecular weight is 500 g/mol. The van der Waals surface area contributed by atoms with Crippen LogP contribution < -0.4 is 4.90 Å². The summed E-state index contributed by atoms with van der Waals surface area (Å²) in [6.07, 6.45) is 3.64. The molecule has 1 aliphatic heterocycles. The third-order valence-corrected chi connectivity index (χ3v) is 5.45. The van der Waals surface area contributed by atoms with E-state index in [0.717, 1.165) is 38.3 Å². The Labute approximate surface area is 179 Å². The number of rotatable bonds is 6. The van der Waals surface area contributed by atoms with Crippen molar-refractivity contribution >= 4 is 36.2 Å². The van der Waals surface area contributed by atoms with Gasteiger partial charge in [-0.2, -0.15) is 10.4 Å². The molecule has 0 spiro atoms. The second-order valence-corrected chi connectivity index (χ2v) is 7.50. The lowest BCUT2D eigenvalue weighted by molar-refractivity contribution is 0.189. The first-order valence-corrected chi connectivity index (χ1v) is 12.2. The number of piperidine rings is 1. The third-order valence-electron chi connectivity index (χ3n) is 4.48. The van der Waals surface area contributed by atoms with Gasteiger partial charge >= 0.3 is 0 Å². The molecule has 0 atom stereocenters. The molecule has 1 aromatic carbocycles. The van der Waals surface area contributed by atoms with E-state index in [9.17, 15) is 5.26 Å². The summed E-state index contributed by atoms with van der Waals surface area (Å²) >= 11 is 2.09. The Kier molecular flexibility index (Phi) is 10.8. The zero-order valence-electron chi connectivity index (χ0n) is 15.3. The molecule has 0 N–H and O–H groups in total. The van der Waals surface area contributed by atoms with E-state index in [1.54, 1.807) is 0 Å². The van der Waals surface area contributed by atoms with Crippen LogP contribution in [-0.2, 0) is 10.7 Å². The average Bonchev–Trinajstić information content (AvgIpc) is 3.17. The van der Waals surface area contributed by atoms with Crippen molar-refractivity contribution in [1.82, 2.24) is 9.78 Å². The van der Waals surface area contributed by atoms with Crippen LogP contribution in [-0.4, -0.2) is 29.5 Å². The second kappa shape index (κ2) is 12.3. The minimum Gasteiger partial charge on any atom is -0.355 e. The van der Waals surface area contributed by atoms with Crippen molar-refractivity contribution in [2.75, 3.05) is 24.6 Å². The SMILES string of the molecule is C.CC.N#CC1(COSI)CCN(c2ccn(Cc3ccccc3)n2)CC1. The first-order valence-electron chi connectivity index (χ1n) is 8.88. The van der Waals surface area contributed by atoms with Crippen LogP contribution in [0.25, 0.3) is 0 Å². The molecule has 2 heterocycles. The zero-order chi connectivity index (χ0) is 18.8. The number of nitrogens with zero attached hydrogens (tertiary/aromatic N) is 4. The molecule has 148 valence electrons. The lowest BCUT2D eigenvalue weighted by atomic mass is 9.81. The van der Waals surface area contributed by atoms with Gasteiger partial charge in [0.25, 0.3) is 0 Å². The van der Waals surface area contributed by atoms with Crippen molar-refractivity contribution in [3.8, 4) is 6.07 Å². The van der Waals surface area contributed by atoms with Crippen LogP contribution in [0.1, 0.15) is 39.7 Å². The van der Waals surface area contributed by atoms with Gasteiger partial charge in [0.2, 0.25) is 0 Å². The summed E-state index contributed by atoms with van der Waals surface area (Å²) < 4.78 is 7.39. The van der Waals surface area contributed by atoms with E-state index in [-0.39, 0.29) is 12.8 Å². The Morgan fingerprint density at radius 2 is 1.89 bits per heavy atom. The molecule has 7 heteroatoms. The topological polar surface area (TPSA) is 54.1 Å². The standard InChI is InChI=1S/C17H19IN4OS.C2H6.CH4/c18-24-23-14-17(13-19)7-10-21(11-8-17)16-6-9-22(20-16)12-15-4-2-1-3-5-15;1-2;/h1-6,9H,7-8,10-12,14H2;1-2H3;1H4. The summed E-state index contributed by atoms with van der Waals surface area (Å²) in [6, 6.07) is 14.8. The Bertz CT molecular complexity index is 694. The van der Waals surface area contributed by atoms with E-state index in [1.807, 2.05) is 42.9 Å². The predicted octanol–water partition coefficient (Wildman–Crippen LogP) is 5.72. The van der Waals surface area contributed by atoms with Gasteiger partial charge in [-0.1, -0.05) is 51.6 Å². The van der Waals surface area contributed by atoms with Gasteiger partial charge in [-0.05, 0) is 18.4 Å². The van der Waals surface area contributed by atoms with Crippen molar-refractivity contribution in [3.63, 3.8) is 0 Å². The minimum atomic E-state index is -0.360. The van der Waals surface area contributed by atoms with Gasteiger partial charge in [-0.25, -0.2) is 0 Å². The molecule has 0 radical (unpaired) electrons. The predicted molar refractivity (Wildman–Crippen MR) is 123 cm³/mol. The Balaban J connectivity index is 0.00000118. The van der Waals surface area contributed by atoms with Crippen molar-refractivity contribution in [3.05, 3.63) is 48.2 Å². The van der Waals surface area contributed by atoms with Crippen molar-refractivity contribution in [2.45, 2.75) is 40.7 Å². The number of hydrogen-bond acceptors (Lipinski definition) is 5. The van der Waals surface area contributed by atoms with Gasteiger partial charge in [0.1, 0.15) is 0 Å². The molecule has 2 aromatic rings. The van der Waals surface area contributed by atoms with Gasteiger partial charge < -0.3 is 9.08 Å². The van der Waals surface area contributed by atoms with Gasteiger partial charge in [0.05, 0.1) is 33.8 Å². The maximum atomic E-state index is 9.51. The highest BCUT2D eigenvalue weighted by molar-refractivity contribution is 14.2. The Hall–Kier alpha value is -1.24. The van der Waals surface area contributed by atoms with Gasteiger partial charge in [-0.3, -0.25) is 4.68 Å². The third kappa shape index (κ3) is 6.70. The Morgan fingerprint density at radius 1 is 1.22 bits per heavy atom. The first kappa shape index (κ1) is 23.8. The molecule has 27 heavy (non-hydrogen) atoms. The molecule has 3 rings (SSSR count). The zero-order valence-corrected chi connectivity index (χ0v) is 18.2. The number of anilines is 1. The van der Waals surface area contributed by atoms with Crippen molar-refractivity contribution < 1.29 is 4.18 Å². The highest BCUT2D eigenvalue weighted by Crippen LogP contribution is 2.34. The van der Waals surface area contributed by atoms with Crippen LogP contribution in [0.3, 0.4) is 0 Å². The van der Waals surface area contributed by atoms with E-state index >= 15 is 0 Å². The number of halogens is 1. The molecule has 0 bridgehead atoms. The number of hydrogen-bond donors (Lipinski definition) is 0. The second-order valence-electron chi connectivity index (χ2n) is 6.06. The summed E-state index contributed by atoms with van der Waals surface area (Å²) in [4.78, 5) is 2.26. The summed E-state index contributed by atoms with van der Waals surface area (Å²) in [5.74, 6) is 0.988. The molecule has 0 aliphatic carbocycles. The summed E-state index contributed by atoms with van der Waals surface area (Å²) in [7, 11) is 1.30. The molecule has 1 fully saturated rings. The highest BCUT2D eigenvalue weighted by atomic mass is 127. The molecular formula is C20H29IN4OS. The van der Waals surface area contributed by atoms with Crippen molar-refractivity contribution in [1.29, 1.82) is 5.26 Å². The van der Waals surface area contributed by atoms with E-state index < -0.39 is 0 Å². The maximum Gasteiger partial charge on any atom is 0.150 e. The quantitative estimate of drug-likeness (QED) is 0.375. The fraction of sp³-hybridized carbons (Fsp3) is 0.500. The summed E-state index contributed by atoms with van der Waals surface area (Å²) in [6.45, 7) is 6.95. The molecule has 0 saturated carbocycles. The molecule has 5 nitrogen and oxygen atoms in total. The number of nitriles is 1. The molecule has 1 aliphatic rings. The van der Waals surface area contributed by atoms with Crippen molar-refractivity contribution in [2.24, 2.45) is 5.41 Å². The van der Waals surface area contributed by atoms with Crippen LogP contribution >= 0.6 is 30.4 Å². The summed E-state index contributed by atoms with van der Waals surface area (Å²) in [5.41, 5.74) is 0.879. The lowest BCUT2D eigenvalue weighted by Gasteiger charge is -2.36. The van der Waals surface area contributed by atoms with Gasteiger partial charge in [0.15, 0.2) is 5.82 Å². The van der Waals surface area contributed by atoms with E-state index in [2.05, 4.69) is 55.5 Å². The Morgan fingerprint density at radius 3 is 2.48 bits per heavy atom. The molecule has 1 aromatic heterocycles. The molecule has 0 unspecified atom stereocenters. The van der Waals surface area contributed by atoms with E-state index in [0.29, 0.717) is 6.61 Å². The van der Waals surface area contributed by atoms with Crippen LogP contribution in [0, 0.1) is 16.7 Å².